The number of sulfonamides is 1. The van der Waals surface area contributed by atoms with Gasteiger partial charge in [0, 0.05) is 36.8 Å². The lowest BCUT2D eigenvalue weighted by Gasteiger charge is -2.41. The van der Waals surface area contributed by atoms with Gasteiger partial charge in [0.05, 0.1) is 11.9 Å². The molecule has 3 fully saturated rings. The Balaban J connectivity index is 1.44. The Hall–Kier alpha value is -1.13. The van der Waals surface area contributed by atoms with Crippen LogP contribution in [0.15, 0.2) is 18.2 Å². The van der Waals surface area contributed by atoms with Crippen molar-refractivity contribution in [1.29, 1.82) is 0 Å². The van der Waals surface area contributed by atoms with Gasteiger partial charge in [0.15, 0.2) is 0 Å². The average Bonchev–Trinajstić information content (AvgIpc) is 3.25. The summed E-state index contributed by atoms with van der Waals surface area (Å²) in [6.07, 6.45) is 0.866. The Morgan fingerprint density at radius 3 is 2.69 bits per heavy atom. The molecule has 162 valence electrons. The van der Waals surface area contributed by atoms with Crippen molar-refractivity contribution in [2.75, 3.05) is 26.2 Å². The highest BCUT2D eigenvalue weighted by molar-refractivity contribution is 7.89. The van der Waals surface area contributed by atoms with Crippen molar-refractivity contribution >= 4 is 10.0 Å². The van der Waals surface area contributed by atoms with Gasteiger partial charge in [-0.3, -0.25) is 4.90 Å². The summed E-state index contributed by atoms with van der Waals surface area (Å²) >= 11 is 0. The van der Waals surface area contributed by atoms with E-state index >= 15 is 0 Å². The zero-order valence-corrected chi connectivity index (χ0v) is 17.6. The van der Waals surface area contributed by atoms with Gasteiger partial charge in [0.1, 0.15) is 17.7 Å². The van der Waals surface area contributed by atoms with E-state index in [4.69, 9.17) is 10.5 Å². The molecule has 6 nitrogen and oxygen atoms in total. The minimum atomic E-state index is -3.26. The van der Waals surface area contributed by atoms with E-state index in [1.54, 1.807) is 18.2 Å². The van der Waals surface area contributed by atoms with Crippen molar-refractivity contribution in [2.24, 2.45) is 11.7 Å². The van der Waals surface area contributed by atoms with Crippen LogP contribution in [-0.2, 0) is 14.8 Å². The van der Waals surface area contributed by atoms with E-state index in [-0.39, 0.29) is 17.6 Å². The molecule has 3 aliphatic rings. The summed E-state index contributed by atoms with van der Waals surface area (Å²) in [5, 5.41) is -0.428. The predicted octanol–water partition coefficient (Wildman–Crippen LogP) is 1.87. The molecule has 5 unspecified atom stereocenters. The third kappa shape index (κ3) is 3.83. The van der Waals surface area contributed by atoms with Crippen molar-refractivity contribution in [3.8, 4) is 0 Å². The van der Waals surface area contributed by atoms with Gasteiger partial charge in [-0.15, -0.1) is 0 Å². The van der Waals surface area contributed by atoms with Crippen molar-refractivity contribution in [2.45, 2.75) is 56.2 Å². The van der Waals surface area contributed by atoms with Gasteiger partial charge in [-0.05, 0) is 57.4 Å². The van der Waals surface area contributed by atoms with Crippen molar-refractivity contribution in [3.05, 3.63) is 35.4 Å². The maximum atomic E-state index is 14.1. The molecule has 0 amide bonds. The Kier molecular flexibility index (Phi) is 5.71. The first-order valence-corrected chi connectivity index (χ1v) is 11.8. The fraction of sp³-hybridized carbons (Fsp3) is 0.700. The first-order chi connectivity index (χ1) is 13.7. The Bertz CT molecular complexity index is 867. The van der Waals surface area contributed by atoms with Crippen molar-refractivity contribution < 1.29 is 21.9 Å². The smallest absolute Gasteiger partial charge is 0.216 e. The molecular formula is C20H29F2N3O3S. The highest BCUT2D eigenvalue weighted by Crippen LogP contribution is 2.38. The van der Waals surface area contributed by atoms with Crippen LogP contribution in [0.1, 0.15) is 38.4 Å². The third-order valence-corrected chi connectivity index (χ3v) is 8.86. The standard InChI is InChI=1S/C20H29F2N3O3S/c1-12(2)29(26,27)24-9-13-5-6-25(19(13)10-24)15-8-18(23)20(28-11-15)16-7-14(21)3-4-17(16)22/h3-4,7,12-13,15,18-20H,5-6,8-11,23H2,1-2H3. The molecule has 29 heavy (non-hydrogen) atoms. The zero-order chi connectivity index (χ0) is 20.9. The molecule has 3 saturated heterocycles. The second-order valence-corrected chi connectivity index (χ2v) is 11.2. The molecule has 0 aliphatic carbocycles. The third-order valence-electron chi connectivity index (χ3n) is 6.65. The fourth-order valence-corrected chi connectivity index (χ4v) is 6.40. The maximum absolute atomic E-state index is 14.1. The molecule has 5 atom stereocenters. The molecular weight excluding hydrogens is 400 g/mol. The molecule has 0 saturated carbocycles. The number of rotatable bonds is 4. The van der Waals surface area contributed by atoms with Crippen LogP contribution in [0.2, 0.25) is 0 Å². The van der Waals surface area contributed by atoms with E-state index in [2.05, 4.69) is 4.90 Å². The topological polar surface area (TPSA) is 75.9 Å². The largest absolute Gasteiger partial charge is 0.370 e. The van der Waals surface area contributed by atoms with Crippen LogP contribution in [0.4, 0.5) is 8.78 Å². The van der Waals surface area contributed by atoms with Crippen LogP contribution < -0.4 is 5.73 Å². The average molecular weight is 430 g/mol. The molecule has 2 N–H and O–H groups in total. The number of fused-ring (bicyclic) bond motifs is 1. The molecule has 4 rings (SSSR count). The number of likely N-dealkylation sites (tertiary alicyclic amines) is 1. The molecule has 0 radical (unpaired) electrons. The normalized spacial score (nSPS) is 34.1. The SMILES string of the molecule is CC(C)S(=O)(=O)N1CC2CCN(C3COC(c4cc(F)ccc4F)C(N)C3)C2C1. The van der Waals surface area contributed by atoms with Crippen LogP contribution in [0.25, 0.3) is 0 Å². The second-order valence-electron chi connectivity index (χ2n) is 8.74. The lowest BCUT2D eigenvalue weighted by Crippen LogP contribution is -2.52. The number of halogens is 2. The van der Waals surface area contributed by atoms with Crippen LogP contribution >= 0.6 is 0 Å². The van der Waals surface area contributed by atoms with Gasteiger partial charge in [-0.25, -0.2) is 17.2 Å². The summed E-state index contributed by atoms with van der Waals surface area (Å²) in [4.78, 5) is 2.32. The Labute approximate surface area is 171 Å². The van der Waals surface area contributed by atoms with Gasteiger partial charge in [-0.1, -0.05) is 0 Å². The summed E-state index contributed by atoms with van der Waals surface area (Å²) in [6, 6.07) is 3.08. The van der Waals surface area contributed by atoms with Gasteiger partial charge < -0.3 is 10.5 Å². The summed E-state index contributed by atoms with van der Waals surface area (Å²) in [5.41, 5.74) is 6.47. The minimum Gasteiger partial charge on any atom is -0.370 e. The highest BCUT2D eigenvalue weighted by atomic mass is 32.2. The highest BCUT2D eigenvalue weighted by Gasteiger charge is 2.48. The number of benzene rings is 1. The van der Waals surface area contributed by atoms with Crippen molar-refractivity contribution in [1.82, 2.24) is 9.21 Å². The van der Waals surface area contributed by atoms with Gasteiger partial charge in [-0.2, -0.15) is 4.31 Å². The molecule has 9 heteroatoms. The predicted molar refractivity (Wildman–Crippen MR) is 106 cm³/mol. The number of hydrogen-bond acceptors (Lipinski definition) is 5. The molecule has 0 bridgehead atoms. The summed E-state index contributed by atoms with van der Waals surface area (Å²) < 4.78 is 60.4. The molecule has 3 aliphatic heterocycles. The van der Waals surface area contributed by atoms with Crippen LogP contribution in [0.5, 0.6) is 0 Å². The van der Waals surface area contributed by atoms with Crippen LogP contribution in [0, 0.1) is 17.6 Å². The summed E-state index contributed by atoms with van der Waals surface area (Å²) in [5.74, 6) is -0.714. The van der Waals surface area contributed by atoms with E-state index < -0.39 is 39.1 Å². The van der Waals surface area contributed by atoms with E-state index in [9.17, 15) is 17.2 Å². The van der Waals surface area contributed by atoms with Crippen LogP contribution in [-0.4, -0.2) is 67.2 Å². The summed E-state index contributed by atoms with van der Waals surface area (Å²) in [7, 11) is -3.26. The zero-order valence-electron chi connectivity index (χ0n) is 16.8. The Morgan fingerprint density at radius 1 is 1.24 bits per heavy atom. The number of nitrogens with two attached hydrogens (primary N) is 1. The molecule has 0 aromatic heterocycles. The quantitative estimate of drug-likeness (QED) is 0.791. The summed E-state index contributed by atoms with van der Waals surface area (Å²) in [6.45, 7) is 5.73. The number of nitrogens with zero attached hydrogens (tertiary/aromatic N) is 2. The van der Waals surface area contributed by atoms with Gasteiger partial charge in [0.25, 0.3) is 0 Å². The molecule has 0 spiro atoms. The van der Waals surface area contributed by atoms with E-state index in [1.807, 2.05) is 0 Å². The van der Waals surface area contributed by atoms with Gasteiger partial charge >= 0.3 is 0 Å². The number of ether oxygens (including phenoxy) is 1. The van der Waals surface area contributed by atoms with E-state index in [1.165, 1.54) is 0 Å². The lowest BCUT2D eigenvalue weighted by atomic mass is 9.92. The van der Waals surface area contributed by atoms with E-state index in [0.717, 1.165) is 31.2 Å². The van der Waals surface area contributed by atoms with Gasteiger partial charge in [0.2, 0.25) is 10.0 Å². The maximum Gasteiger partial charge on any atom is 0.216 e. The van der Waals surface area contributed by atoms with E-state index in [0.29, 0.717) is 32.0 Å². The molecule has 1 aromatic carbocycles. The van der Waals surface area contributed by atoms with Crippen molar-refractivity contribution in [3.63, 3.8) is 0 Å². The number of hydrogen-bond donors (Lipinski definition) is 1. The first-order valence-electron chi connectivity index (χ1n) is 10.2. The fourth-order valence-electron chi connectivity index (χ4n) is 5.04. The minimum absolute atomic E-state index is 0.0505. The molecule has 3 heterocycles. The van der Waals surface area contributed by atoms with Crippen LogP contribution in [0.3, 0.4) is 0 Å². The lowest BCUT2D eigenvalue weighted by molar-refractivity contribution is -0.0547. The first kappa shape index (κ1) is 21.1. The molecule has 1 aromatic rings. The second kappa shape index (κ2) is 7.85. The Morgan fingerprint density at radius 2 is 2.00 bits per heavy atom. The monoisotopic (exact) mass is 429 g/mol.